The first-order valence-corrected chi connectivity index (χ1v) is 25.2. The number of thioether (sulfide) groups is 2. The number of piperidine rings is 1. The average Bonchev–Trinajstić information content (AvgIpc) is 3.66. The van der Waals surface area contributed by atoms with E-state index < -0.39 is 0 Å². The molecular weight excluding hydrogens is 731 g/mol. The van der Waals surface area contributed by atoms with Crippen LogP contribution in [0.1, 0.15) is 181 Å². The molecule has 2 unspecified atom stereocenters. The van der Waals surface area contributed by atoms with Crippen molar-refractivity contribution in [2.24, 2.45) is 17.3 Å². The molecule has 0 aromatic carbocycles. The highest BCUT2D eigenvalue weighted by molar-refractivity contribution is 8.17. The van der Waals surface area contributed by atoms with E-state index in [9.17, 15) is 14.7 Å². The number of ether oxygens (including phenoxy) is 4. The monoisotopic (exact) mass is 812 g/mol. The first-order chi connectivity index (χ1) is 26.9. The molecule has 0 radical (unpaired) electrons. The number of hydrogen-bond donors (Lipinski definition) is 1. The first-order valence-electron chi connectivity index (χ1n) is 23.1. The number of nitrogens with zero attached hydrogens (tertiary/aromatic N) is 1. The lowest BCUT2D eigenvalue weighted by molar-refractivity contribution is -0.148. The minimum Gasteiger partial charge on any atom is -0.466 e. The fraction of sp³-hybridized carbons (Fsp3) is 0.956. The summed E-state index contributed by atoms with van der Waals surface area (Å²) >= 11 is 4.13. The molecule has 320 valence electrons. The van der Waals surface area contributed by atoms with Crippen LogP contribution in [0.3, 0.4) is 0 Å². The summed E-state index contributed by atoms with van der Waals surface area (Å²) in [6, 6.07) is 0. The Morgan fingerprint density at radius 3 is 1.75 bits per heavy atom. The predicted octanol–water partition coefficient (Wildman–Crippen LogP) is 10.7. The number of unbranched alkanes of at least 4 members (excludes halogenated alkanes) is 11. The van der Waals surface area contributed by atoms with Gasteiger partial charge in [0.1, 0.15) is 0 Å². The molecule has 2 bridgehead atoms. The van der Waals surface area contributed by atoms with Gasteiger partial charge in [-0.05, 0) is 132 Å². The molecule has 2 atom stereocenters. The zero-order valence-electron chi connectivity index (χ0n) is 35.2. The number of aliphatic hydroxyl groups is 1. The quantitative estimate of drug-likeness (QED) is 0.0402. The fourth-order valence-corrected chi connectivity index (χ4v) is 12.1. The van der Waals surface area contributed by atoms with Gasteiger partial charge in [-0.1, -0.05) is 78.1 Å². The van der Waals surface area contributed by atoms with Gasteiger partial charge in [0.15, 0.2) is 6.29 Å². The molecule has 5 aliphatic rings. The van der Waals surface area contributed by atoms with Crippen LogP contribution in [-0.4, -0.2) is 96.0 Å². The molecule has 2 saturated heterocycles. The Morgan fingerprint density at radius 2 is 1.22 bits per heavy atom. The number of carbonyl (C=O) groups is 2. The molecule has 55 heavy (non-hydrogen) atoms. The predicted molar refractivity (Wildman–Crippen MR) is 228 cm³/mol. The largest absolute Gasteiger partial charge is 0.466 e. The van der Waals surface area contributed by atoms with Crippen molar-refractivity contribution in [1.82, 2.24) is 4.90 Å². The van der Waals surface area contributed by atoms with Crippen molar-refractivity contribution >= 4 is 35.5 Å². The molecular formula is C45H81NO7S2. The van der Waals surface area contributed by atoms with Crippen LogP contribution in [-0.2, 0) is 28.5 Å². The smallest absolute Gasteiger partial charge is 0.305 e. The zero-order valence-corrected chi connectivity index (χ0v) is 36.8. The molecule has 2 aliphatic heterocycles. The number of hydrogen-bond acceptors (Lipinski definition) is 10. The summed E-state index contributed by atoms with van der Waals surface area (Å²) in [5.41, 5.74) is -0.0107. The Morgan fingerprint density at radius 1 is 0.709 bits per heavy atom. The molecule has 0 spiro atoms. The second-order valence-electron chi connectivity index (χ2n) is 17.3. The van der Waals surface area contributed by atoms with Gasteiger partial charge in [-0.15, -0.1) is 23.5 Å². The van der Waals surface area contributed by atoms with Gasteiger partial charge in [0, 0.05) is 19.4 Å². The van der Waals surface area contributed by atoms with Crippen LogP contribution in [0.15, 0.2) is 0 Å². The normalized spacial score (nSPS) is 24.7. The highest BCUT2D eigenvalue weighted by atomic mass is 32.2. The van der Waals surface area contributed by atoms with Gasteiger partial charge in [-0.3, -0.25) is 9.59 Å². The van der Waals surface area contributed by atoms with Crippen LogP contribution in [0.2, 0.25) is 0 Å². The second-order valence-corrected chi connectivity index (χ2v) is 20.2. The number of rotatable bonds is 32. The maximum absolute atomic E-state index is 13.1. The van der Waals surface area contributed by atoms with E-state index in [1.165, 1.54) is 114 Å². The summed E-state index contributed by atoms with van der Waals surface area (Å²) in [4.78, 5) is 28.5. The van der Waals surface area contributed by atoms with E-state index in [2.05, 4.69) is 42.3 Å². The highest BCUT2D eigenvalue weighted by Crippen LogP contribution is 2.48. The molecule has 10 heteroatoms. The van der Waals surface area contributed by atoms with Crippen LogP contribution in [0.5, 0.6) is 0 Å². The number of likely N-dealkylation sites (tertiary alicyclic amines) is 1. The molecule has 1 N–H and O–H groups in total. The summed E-state index contributed by atoms with van der Waals surface area (Å²) in [5, 5.41) is 9.25. The zero-order chi connectivity index (χ0) is 39.0. The Bertz CT molecular complexity index is 981. The number of fused-ring (bicyclic) bond motifs is 2. The van der Waals surface area contributed by atoms with Crippen LogP contribution in [0, 0.1) is 17.3 Å². The molecule has 3 aliphatic carbocycles. The van der Waals surface area contributed by atoms with Gasteiger partial charge in [0.25, 0.3) is 0 Å². The van der Waals surface area contributed by atoms with E-state index in [4.69, 9.17) is 18.9 Å². The van der Waals surface area contributed by atoms with Crippen LogP contribution < -0.4 is 0 Å². The molecule has 3 saturated carbocycles. The lowest BCUT2D eigenvalue weighted by Crippen LogP contribution is -2.45. The fourth-order valence-electron chi connectivity index (χ4n) is 9.35. The van der Waals surface area contributed by atoms with Crippen molar-refractivity contribution in [1.29, 1.82) is 0 Å². The van der Waals surface area contributed by atoms with Crippen molar-refractivity contribution in [3.8, 4) is 0 Å². The van der Waals surface area contributed by atoms with E-state index in [0.29, 0.717) is 48.9 Å². The molecule has 8 nitrogen and oxygen atoms in total. The van der Waals surface area contributed by atoms with E-state index >= 15 is 0 Å². The maximum atomic E-state index is 13.1. The van der Waals surface area contributed by atoms with Gasteiger partial charge in [-0.2, -0.15) is 0 Å². The Hall–Kier alpha value is -0.520. The molecule has 5 rings (SSSR count). The third-order valence-corrected chi connectivity index (χ3v) is 16.1. The van der Waals surface area contributed by atoms with Gasteiger partial charge < -0.3 is 29.0 Å². The molecule has 5 fully saturated rings. The molecule has 0 aromatic rings. The summed E-state index contributed by atoms with van der Waals surface area (Å²) in [7, 11) is 0. The van der Waals surface area contributed by atoms with E-state index in [0.717, 1.165) is 64.6 Å². The number of carbonyl (C=O) groups excluding carboxylic acids is 2. The topological polar surface area (TPSA) is 94.5 Å². The van der Waals surface area contributed by atoms with Crippen molar-refractivity contribution in [3.05, 3.63) is 0 Å². The van der Waals surface area contributed by atoms with E-state index in [-0.39, 0.29) is 42.5 Å². The van der Waals surface area contributed by atoms with Gasteiger partial charge >= 0.3 is 11.9 Å². The van der Waals surface area contributed by atoms with E-state index in [1.807, 2.05) is 0 Å². The standard InChI is InChI=1S/C45H81NO7S2/c1-3-5-7-9-11-15-35-54-42(55-36-16-12-10-8-6-4-2)24-22-40(49)51-34-28-45(25-30-46(31-26-45)29-13-14-32-47)27-33-50-39(48)21-23-41-52-43-37-17-18-38(20-19-37)44(43)53-41/h37-38,41-44,47H,3-36H2,1-2H3. The third-order valence-electron chi connectivity index (χ3n) is 13.0. The van der Waals surface area contributed by atoms with Crippen LogP contribution in [0.25, 0.3) is 0 Å². The summed E-state index contributed by atoms with van der Waals surface area (Å²) in [6.45, 7) is 8.59. The summed E-state index contributed by atoms with van der Waals surface area (Å²) < 4.78 is 24.8. The van der Waals surface area contributed by atoms with Crippen molar-refractivity contribution in [2.45, 2.75) is 204 Å². The summed E-state index contributed by atoms with van der Waals surface area (Å²) in [5.74, 6) is 3.37. The highest BCUT2D eigenvalue weighted by Gasteiger charge is 2.50. The number of esters is 2. The van der Waals surface area contributed by atoms with E-state index in [1.54, 1.807) is 0 Å². The summed E-state index contributed by atoms with van der Waals surface area (Å²) in [6.07, 6.45) is 28.7. The van der Waals surface area contributed by atoms with Crippen molar-refractivity contribution in [2.75, 3.05) is 51.0 Å². The lowest BCUT2D eigenvalue weighted by atomic mass is 9.67. The SMILES string of the molecule is CCCCCCCCSC(CCC(=O)OCCC1(CCOC(=O)CCC2OC3C4CCC(CC4)C3O2)CCN(CCCCO)CC1)SCCCCCCCC. The van der Waals surface area contributed by atoms with Gasteiger partial charge in [-0.25, -0.2) is 0 Å². The lowest BCUT2D eigenvalue weighted by Gasteiger charge is -2.43. The van der Waals surface area contributed by atoms with Crippen LogP contribution in [0.4, 0.5) is 0 Å². The average molecular weight is 812 g/mol. The maximum Gasteiger partial charge on any atom is 0.305 e. The van der Waals surface area contributed by atoms with Gasteiger partial charge in [0.05, 0.1) is 36.4 Å². The minimum absolute atomic E-state index is 0.0107. The van der Waals surface area contributed by atoms with Crippen molar-refractivity contribution in [3.63, 3.8) is 0 Å². The molecule has 0 aromatic heterocycles. The Kier molecular flexibility index (Phi) is 24.0. The Balaban J connectivity index is 1.17. The van der Waals surface area contributed by atoms with Crippen LogP contribution >= 0.6 is 23.5 Å². The van der Waals surface area contributed by atoms with Crippen molar-refractivity contribution < 1.29 is 33.6 Å². The molecule has 0 amide bonds. The Labute approximate surface area is 344 Å². The first kappa shape index (κ1) is 47.2. The van der Waals surface area contributed by atoms with Gasteiger partial charge in [0.2, 0.25) is 0 Å². The third kappa shape index (κ3) is 18.1. The molecule has 2 heterocycles. The second kappa shape index (κ2) is 28.0. The number of aliphatic hydroxyl groups excluding tert-OH is 1. The minimum atomic E-state index is -0.284.